The predicted molar refractivity (Wildman–Crippen MR) is 117 cm³/mol. The lowest BCUT2D eigenvalue weighted by Gasteiger charge is -2.13. The first kappa shape index (κ1) is 20.9. The van der Waals surface area contributed by atoms with Gasteiger partial charge in [0.25, 0.3) is 0 Å². The Hall–Kier alpha value is -2.82. The second-order valence-corrected chi connectivity index (χ2v) is 7.84. The Morgan fingerprint density at radius 2 is 1.97 bits per heavy atom. The molecule has 5 nitrogen and oxygen atoms in total. The number of hydrogen-bond donors (Lipinski definition) is 1. The number of carbonyl (C=O) groups excluding carboxylic acids is 1. The highest BCUT2D eigenvalue weighted by Gasteiger charge is 2.11. The smallest absolute Gasteiger partial charge is 0.222 e. The minimum atomic E-state index is 0.0156. The van der Waals surface area contributed by atoms with E-state index in [4.69, 9.17) is 9.72 Å². The van der Waals surface area contributed by atoms with Gasteiger partial charge in [0.05, 0.1) is 17.6 Å². The van der Waals surface area contributed by atoms with Crippen LogP contribution in [0.3, 0.4) is 0 Å². The number of rotatable bonds is 9. The van der Waals surface area contributed by atoms with E-state index in [-0.39, 0.29) is 11.8 Å². The number of nitrogens with one attached hydrogen (secondary N) is 1. The quantitative estimate of drug-likeness (QED) is 0.547. The largest absolute Gasteiger partial charge is 0.491 e. The molecule has 29 heavy (non-hydrogen) atoms. The van der Waals surface area contributed by atoms with Gasteiger partial charge < -0.3 is 14.6 Å². The second kappa shape index (κ2) is 9.59. The molecule has 0 aliphatic rings. The van der Waals surface area contributed by atoms with Crippen LogP contribution in [0.15, 0.2) is 42.5 Å². The number of carbonyl (C=O) groups is 1. The van der Waals surface area contributed by atoms with Crippen molar-refractivity contribution in [3.63, 3.8) is 0 Å². The Morgan fingerprint density at radius 1 is 1.17 bits per heavy atom. The summed E-state index contributed by atoms with van der Waals surface area (Å²) in [6.45, 7) is 9.95. The van der Waals surface area contributed by atoms with E-state index in [0.717, 1.165) is 47.6 Å². The van der Waals surface area contributed by atoms with Crippen molar-refractivity contribution in [1.82, 2.24) is 14.9 Å². The SMILES string of the molecule is Cc1ccc(C)c(OCCn2c(CCCNC(=O)C(C)C)nc3ccccc32)c1. The van der Waals surface area contributed by atoms with E-state index < -0.39 is 0 Å². The van der Waals surface area contributed by atoms with Crippen LogP contribution in [0.1, 0.15) is 37.2 Å². The fourth-order valence-electron chi connectivity index (χ4n) is 3.34. The van der Waals surface area contributed by atoms with Crippen LogP contribution >= 0.6 is 0 Å². The summed E-state index contributed by atoms with van der Waals surface area (Å²) in [6.07, 6.45) is 1.68. The normalized spacial score (nSPS) is 11.2. The molecule has 0 spiro atoms. The van der Waals surface area contributed by atoms with Gasteiger partial charge in [0.2, 0.25) is 5.91 Å². The number of benzene rings is 2. The summed E-state index contributed by atoms with van der Waals surface area (Å²) in [5.74, 6) is 2.09. The van der Waals surface area contributed by atoms with Crippen LogP contribution in [-0.4, -0.2) is 28.6 Å². The Labute approximate surface area is 173 Å². The molecule has 1 amide bonds. The van der Waals surface area contributed by atoms with Crippen molar-refractivity contribution in [2.24, 2.45) is 5.92 Å². The molecule has 0 bridgehead atoms. The Kier molecular flexibility index (Phi) is 6.91. The lowest BCUT2D eigenvalue weighted by molar-refractivity contribution is -0.123. The van der Waals surface area contributed by atoms with Gasteiger partial charge in [-0.25, -0.2) is 4.98 Å². The highest BCUT2D eigenvalue weighted by Crippen LogP contribution is 2.20. The van der Waals surface area contributed by atoms with Crippen molar-refractivity contribution >= 4 is 16.9 Å². The van der Waals surface area contributed by atoms with E-state index in [9.17, 15) is 4.79 Å². The highest BCUT2D eigenvalue weighted by atomic mass is 16.5. The molecule has 1 heterocycles. The summed E-state index contributed by atoms with van der Waals surface area (Å²) in [4.78, 5) is 16.6. The van der Waals surface area contributed by atoms with E-state index in [2.05, 4.69) is 48.0 Å². The number of aromatic nitrogens is 2. The first-order valence-electron chi connectivity index (χ1n) is 10.4. The van der Waals surface area contributed by atoms with Gasteiger partial charge in [-0.1, -0.05) is 38.1 Å². The summed E-state index contributed by atoms with van der Waals surface area (Å²) in [5, 5.41) is 2.98. The zero-order chi connectivity index (χ0) is 20.8. The molecule has 154 valence electrons. The van der Waals surface area contributed by atoms with Gasteiger partial charge >= 0.3 is 0 Å². The third-order valence-electron chi connectivity index (χ3n) is 5.05. The Balaban J connectivity index is 1.66. The van der Waals surface area contributed by atoms with Crippen LogP contribution < -0.4 is 10.1 Å². The summed E-state index contributed by atoms with van der Waals surface area (Å²) in [6, 6.07) is 14.5. The molecule has 0 aliphatic carbocycles. The molecular weight excluding hydrogens is 362 g/mol. The maximum atomic E-state index is 11.7. The van der Waals surface area contributed by atoms with Crippen LogP contribution in [0.4, 0.5) is 0 Å². The third kappa shape index (κ3) is 5.37. The second-order valence-electron chi connectivity index (χ2n) is 7.84. The van der Waals surface area contributed by atoms with Crippen LogP contribution in [0, 0.1) is 19.8 Å². The number of ether oxygens (including phenoxy) is 1. The molecule has 0 radical (unpaired) electrons. The molecule has 0 saturated carbocycles. The maximum Gasteiger partial charge on any atom is 0.222 e. The van der Waals surface area contributed by atoms with Gasteiger partial charge in [0, 0.05) is 18.9 Å². The van der Waals surface area contributed by atoms with Crippen LogP contribution in [0.2, 0.25) is 0 Å². The van der Waals surface area contributed by atoms with Gasteiger partial charge in [0.1, 0.15) is 18.2 Å². The zero-order valence-electron chi connectivity index (χ0n) is 17.9. The van der Waals surface area contributed by atoms with Crippen molar-refractivity contribution in [3.05, 3.63) is 59.4 Å². The number of amides is 1. The van der Waals surface area contributed by atoms with Crippen LogP contribution in [0.25, 0.3) is 11.0 Å². The average molecular weight is 394 g/mol. The number of nitrogens with zero attached hydrogens (tertiary/aromatic N) is 2. The van der Waals surface area contributed by atoms with E-state index in [1.165, 1.54) is 5.56 Å². The fraction of sp³-hybridized carbons (Fsp3) is 0.417. The first-order valence-corrected chi connectivity index (χ1v) is 10.4. The number of aryl methyl sites for hydroxylation is 3. The Bertz CT molecular complexity index is 975. The highest BCUT2D eigenvalue weighted by molar-refractivity contribution is 5.77. The van der Waals surface area contributed by atoms with Crippen molar-refractivity contribution in [1.29, 1.82) is 0 Å². The Morgan fingerprint density at radius 3 is 2.76 bits per heavy atom. The molecule has 2 aromatic carbocycles. The summed E-state index contributed by atoms with van der Waals surface area (Å²) in [5.41, 5.74) is 4.47. The number of fused-ring (bicyclic) bond motifs is 1. The zero-order valence-corrected chi connectivity index (χ0v) is 17.9. The van der Waals surface area contributed by atoms with Crippen molar-refractivity contribution in [2.45, 2.75) is 47.1 Å². The summed E-state index contributed by atoms with van der Waals surface area (Å²) in [7, 11) is 0. The van der Waals surface area contributed by atoms with Gasteiger partial charge in [-0.05, 0) is 49.6 Å². The van der Waals surface area contributed by atoms with Gasteiger partial charge in [-0.2, -0.15) is 0 Å². The van der Waals surface area contributed by atoms with Crippen molar-refractivity contribution in [3.8, 4) is 5.75 Å². The maximum absolute atomic E-state index is 11.7. The molecule has 0 atom stereocenters. The lowest BCUT2D eigenvalue weighted by atomic mass is 10.1. The molecule has 3 rings (SSSR count). The number of para-hydroxylation sites is 2. The lowest BCUT2D eigenvalue weighted by Crippen LogP contribution is -2.28. The topological polar surface area (TPSA) is 56.1 Å². The minimum absolute atomic E-state index is 0.0156. The molecule has 0 unspecified atom stereocenters. The summed E-state index contributed by atoms with van der Waals surface area (Å²) >= 11 is 0. The van der Waals surface area contributed by atoms with Crippen molar-refractivity contribution < 1.29 is 9.53 Å². The van der Waals surface area contributed by atoms with Gasteiger partial charge in [-0.3, -0.25) is 4.79 Å². The molecule has 0 aliphatic heterocycles. The summed E-state index contributed by atoms with van der Waals surface area (Å²) < 4.78 is 8.31. The van der Waals surface area contributed by atoms with Gasteiger partial charge in [-0.15, -0.1) is 0 Å². The fourth-order valence-corrected chi connectivity index (χ4v) is 3.34. The number of imidazole rings is 1. The molecule has 1 N–H and O–H groups in total. The van der Waals surface area contributed by atoms with E-state index in [1.807, 2.05) is 32.0 Å². The molecule has 5 heteroatoms. The molecule has 0 saturated heterocycles. The molecule has 3 aromatic rings. The van der Waals surface area contributed by atoms with E-state index >= 15 is 0 Å². The number of hydrogen-bond acceptors (Lipinski definition) is 3. The first-order chi connectivity index (χ1) is 14.0. The average Bonchev–Trinajstić information content (AvgIpc) is 3.05. The van der Waals surface area contributed by atoms with Crippen LogP contribution in [0.5, 0.6) is 5.75 Å². The van der Waals surface area contributed by atoms with E-state index in [0.29, 0.717) is 13.2 Å². The standard InChI is InChI=1S/C24H31N3O2/c1-17(2)24(28)25-13-7-10-23-26-20-8-5-6-9-21(20)27(23)14-15-29-22-16-18(3)11-12-19(22)4/h5-6,8-9,11-12,16-17H,7,10,13-15H2,1-4H3,(H,25,28). The monoisotopic (exact) mass is 393 g/mol. The molecule has 1 aromatic heterocycles. The molecular formula is C24H31N3O2. The van der Waals surface area contributed by atoms with Crippen molar-refractivity contribution in [2.75, 3.05) is 13.2 Å². The van der Waals surface area contributed by atoms with Gasteiger partial charge in [0.15, 0.2) is 0 Å². The minimum Gasteiger partial charge on any atom is -0.491 e. The third-order valence-corrected chi connectivity index (χ3v) is 5.05. The predicted octanol–water partition coefficient (Wildman–Crippen LogP) is 4.44. The molecule has 0 fully saturated rings. The van der Waals surface area contributed by atoms with E-state index in [1.54, 1.807) is 0 Å². The van der Waals surface area contributed by atoms with Crippen LogP contribution in [-0.2, 0) is 17.8 Å².